The third-order valence-corrected chi connectivity index (χ3v) is 6.08. The Bertz CT molecular complexity index is 654. The summed E-state index contributed by atoms with van der Waals surface area (Å²) >= 11 is 0. The van der Waals surface area contributed by atoms with Crippen LogP contribution in [0.4, 0.5) is 10.5 Å². The van der Waals surface area contributed by atoms with Crippen molar-refractivity contribution in [2.24, 2.45) is 0 Å². The second-order valence-corrected chi connectivity index (χ2v) is 7.79. The molecule has 3 heterocycles. The molecule has 3 fully saturated rings. The van der Waals surface area contributed by atoms with Crippen LogP contribution in [0.3, 0.4) is 0 Å². The van der Waals surface area contributed by atoms with E-state index in [4.69, 9.17) is 0 Å². The number of likely N-dealkylation sites (tertiary alicyclic amines) is 1. The Morgan fingerprint density at radius 3 is 2.38 bits per heavy atom. The Morgan fingerprint density at radius 2 is 1.73 bits per heavy atom. The van der Waals surface area contributed by atoms with Gasteiger partial charge in [0.25, 0.3) is 0 Å². The van der Waals surface area contributed by atoms with E-state index in [0.717, 1.165) is 37.8 Å². The predicted octanol–water partition coefficient (Wildman–Crippen LogP) is 2.84. The third kappa shape index (κ3) is 3.30. The van der Waals surface area contributed by atoms with Crippen molar-refractivity contribution in [3.63, 3.8) is 0 Å². The lowest BCUT2D eigenvalue weighted by molar-refractivity contribution is -0.141. The van der Waals surface area contributed by atoms with E-state index in [2.05, 4.69) is 5.32 Å². The summed E-state index contributed by atoms with van der Waals surface area (Å²) in [6.45, 7) is 0.525. The van der Waals surface area contributed by atoms with Gasteiger partial charge in [0, 0.05) is 30.4 Å². The fraction of sp³-hybridized carbons (Fsp3) is 0.600. The molecule has 0 aliphatic carbocycles. The molecule has 0 spiro atoms. The molecule has 3 saturated heterocycles. The van der Waals surface area contributed by atoms with Gasteiger partial charge < -0.3 is 15.3 Å². The summed E-state index contributed by atoms with van der Waals surface area (Å²) in [6.07, 6.45) is 6.73. The van der Waals surface area contributed by atoms with Crippen LogP contribution in [0.15, 0.2) is 30.3 Å². The summed E-state index contributed by atoms with van der Waals surface area (Å²) in [7, 11) is 0. The van der Waals surface area contributed by atoms with Gasteiger partial charge in [-0.15, -0.1) is 0 Å². The number of para-hydroxylation sites is 1. The molecule has 0 radical (unpaired) electrons. The number of carbonyl (C=O) groups excluding carboxylic acids is 1. The molecule has 6 nitrogen and oxygen atoms in total. The summed E-state index contributed by atoms with van der Waals surface area (Å²) in [5.41, 5.74) is 0.874. The Morgan fingerprint density at radius 1 is 1.04 bits per heavy atom. The number of piperidine rings is 2. The van der Waals surface area contributed by atoms with Gasteiger partial charge in [0.15, 0.2) is 0 Å². The number of nitrogens with one attached hydrogen (secondary N) is 1. The van der Waals surface area contributed by atoms with Crippen molar-refractivity contribution in [2.75, 3.05) is 11.4 Å². The van der Waals surface area contributed by atoms with Crippen molar-refractivity contribution in [1.29, 1.82) is 0 Å². The third-order valence-electron chi connectivity index (χ3n) is 6.08. The fourth-order valence-electron chi connectivity index (χ4n) is 4.90. The Labute approximate surface area is 154 Å². The first-order valence-electron chi connectivity index (χ1n) is 9.77. The fourth-order valence-corrected chi connectivity index (χ4v) is 4.90. The number of benzene rings is 1. The number of carboxylic acids is 1. The number of aliphatic carboxylic acids is 1. The number of amides is 2. The molecule has 2 amide bonds. The number of nitrogens with zero attached hydrogens (tertiary/aromatic N) is 2. The van der Waals surface area contributed by atoms with E-state index in [-0.39, 0.29) is 12.1 Å². The Balaban J connectivity index is 1.63. The number of rotatable bonds is 3. The van der Waals surface area contributed by atoms with E-state index in [1.165, 1.54) is 6.42 Å². The van der Waals surface area contributed by atoms with Gasteiger partial charge in [0.05, 0.1) is 0 Å². The molecule has 1 unspecified atom stereocenters. The largest absolute Gasteiger partial charge is 0.480 e. The minimum absolute atomic E-state index is 0.122. The van der Waals surface area contributed by atoms with Crippen molar-refractivity contribution >= 4 is 17.7 Å². The average molecular weight is 357 g/mol. The van der Waals surface area contributed by atoms with Crippen molar-refractivity contribution < 1.29 is 14.7 Å². The van der Waals surface area contributed by atoms with E-state index in [9.17, 15) is 14.7 Å². The summed E-state index contributed by atoms with van der Waals surface area (Å²) in [6, 6.07) is 9.94. The summed E-state index contributed by atoms with van der Waals surface area (Å²) in [5.74, 6) is -0.897. The van der Waals surface area contributed by atoms with Crippen LogP contribution in [0.2, 0.25) is 0 Å². The van der Waals surface area contributed by atoms with Crippen molar-refractivity contribution in [3.05, 3.63) is 30.3 Å². The standard InChI is InChI=1S/C20H27N3O3/c24-19(25)18-10-5-11-22(18)20(26)23(16-8-2-1-3-9-16)17-12-14-6-4-7-15(13-17)21-14/h1-3,8-9,14-15,17-18,21H,4-7,10-13H2,(H,24,25)/t14-,15+,17?,18-/m0/s1. The van der Waals surface area contributed by atoms with Gasteiger partial charge >= 0.3 is 12.0 Å². The topological polar surface area (TPSA) is 72.9 Å². The SMILES string of the molecule is O=C(O)[C@@H]1CCCN1C(=O)N(c1ccccc1)C1C[C@H]2CCC[C@@H](C1)N2. The van der Waals surface area contributed by atoms with Gasteiger partial charge in [0.1, 0.15) is 6.04 Å². The predicted molar refractivity (Wildman–Crippen MR) is 99.3 cm³/mol. The molecule has 3 aliphatic heterocycles. The molecule has 0 aromatic heterocycles. The number of urea groups is 1. The molecule has 2 bridgehead atoms. The van der Waals surface area contributed by atoms with Crippen molar-refractivity contribution in [1.82, 2.24) is 10.2 Å². The molecule has 4 atom stereocenters. The van der Waals surface area contributed by atoms with Crippen molar-refractivity contribution in [3.8, 4) is 0 Å². The smallest absolute Gasteiger partial charge is 0.326 e. The number of hydrogen-bond acceptors (Lipinski definition) is 3. The van der Waals surface area contributed by atoms with Crippen LogP contribution in [0, 0.1) is 0 Å². The Kier molecular flexibility index (Phi) is 4.85. The van der Waals surface area contributed by atoms with E-state index >= 15 is 0 Å². The van der Waals surface area contributed by atoms with Gasteiger partial charge in [0.2, 0.25) is 0 Å². The number of hydrogen-bond donors (Lipinski definition) is 2. The van der Waals surface area contributed by atoms with Crippen LogP contribution in [-0.2, 0) is 4.79 Å². The maximum Gasteiger partial charge on any atom is 0.326 e. The van der Waals surface area contributed by atoms with Crippen LogP contribution in [0.5, 0.6) is 0 Å². The van der Waals surface area contributed by atoms with Crippen LogP contribution in [0.25, 0.3) is 0 Å². The maximum atomic E-state index is 13.4. The van der Waals surface area contributed by atoms with Crippen LogP contribution in [0.1, 0.15) is 44.9 Å². The number of carbonyl (C=O) groups is 2. The molecule has 1 aromatic rings. The first-order chi connectivity index (χ1) is 12.6. The zero-order chi connectivity index (χ0) is 18.1. The molecule has 0 saturated carbocycles. The van der Waals surface area contributed by atoms with Gasteiger partial charge in [-0.2, -0.15) is 0 Å². The molecular weight excluding hydrogens is 330 g/mol. The first-order valence-corrected chi connectivity index (χ1v) is 9.77. The van der Waals surface area contributed by atoms with E-state index in [0.29, 0.717) is 25.0 Å². The normalized spacial score (nSPS) is 30.8. The zero-order valence-corrected chi connectivity index (χ0v) is 15.0. The second kappa shape index (κ2) is 7.27. The highest BCUT2D eigenvalue weighted by Gasteiger charge is 2.41. The van der Waals surface area contributed by atoms with E-state index in [1.54, 1.807) is 4.90 Å². The van der Waals surface area contributed by atoms with Crippen LogP contribution < -0.4 is 10.2 Å². The van der Waals surface area contributed by atoms with Gasteiger partial charge in [-0.05, 0) is 50.7 Å². The molecule has 26 heavy (non-hydrogen) atoms. The number of carboxylic acid groups (broad SMARTS) is 1. The van der Waals surface area contributed by atoms with Gasteiger partial charge in [-0.1, -0.05) is 24.6 Å². The highest BCUT2D eigenvalue weighted by atomic mass is 16.4. The molecule has 4 rings (SSSR count). The monoisotopic (exact) mass is 357 g/mol. The van der Waals surface area contributed by atoms with Crippen LogP contribution >= 0.6 is 0 Å². The second-order valence-electron chi connectivity index (χ2n) is 7.79. The lowest BCUT2D eigenvalue weighted by Gasteiger charge is -2.45. The van der Waals surface area contributed by atoms with Crippen LogP contribution in [-0.4, -0.2) is 52.7 Å². The Hall–Kier alpha value is -2.08. The summed E-state index contributed by atoms with van der Waals surface area (Å²) in [5, 5.41) is 13.2. The first kappa shape index (κ1) is 17.3. The molecule has 140 valence electrons. The quantitative estimate of drug-likeness (QED) is 0.872. The van der Waals surface area contributed by atoms with E-state index in [1.807, 2.05) is 35.2 Å². The minimum atomic E-state index is -0.897. The number of anilines is 1. The summed E-state index contributed by atoms with van der Waals surface area (Å²) < 4.78 is 0. The molecule has 2 N–H and O–H groups in total. The maximum absolute atomic E-state index is 13.4. The van der Waals surface area contributed by atoms with Gasteiger partial charge in [-0.25, -0.2) is 9.59 Å². The van der Waals surface area contributed by atoms with Gasteiger partial charge in [-0.3, -0.25) is 4.90 Å². The minimum Gasteiger partial charge on any atom is -0.480 e. The van der Waals surface area contributed by atoms with E-state index < -0.39 is 12.0 Å². The molecule has 3 aliphatic rings. The summed E-state index contributed by atoms with van der Waals surface area (Å²) in [4.78, 5) is 28.5. The van der Waals surface area contributed by atoms with Crippen molar-refractivity contribution in [2.45, 2.75) is 69.1 Å². The average Bonchev–Trinajstić information content (AvgIpc) is 3.13. The lowest BCUT2D eigenvalue weighted by Crippen LogP contribution is -2.59. The number of fused-ring (bicyclic) bond motifs is 2. The lowest BCUT2D eigenvalue weighted by atomic mass is 9.83. The highest BCUT2D eigenvalue weighted by Crippen LogP contribution is 2.33. The molecule has 6 heteroatoms. The highest BCUT2D eigenvalue weighted by molar-refractivity contribution is 5.95. The molecular formula is C20H27N3O3. The zero-order valence-electron chi connectivity index (χ0n) is 15.0. The molecule has 1 aromatic carbocycles.